The van der Waals surface area contributed by atoms with Gasteiger partial charge in [0.05, 0.1) is 0 Å². The summed E-state index contributed by atoms with van der Waals surface area (Å²) in [6.45, 7) is 9.97. The molecule has 0 aliphatic rings. The van der Waals surface area contributed by atoms with Crippen molar-refractivity contribution in [1.29, 1.82) is 0 Å². The largest absolute Gasteiger partial charge is 0.389 e. The predicted molar refractivity (Wildman–Crippen MR) is 96.6 cm³/mol. The van der Waals surface area contributed by atoms with E-state index in [9.17, 15) is 0 Å². The minimum Gasteiger partial charge on any atom is -0.389 e. The van der Waals surface area contributed by atoms with E-state index in [0.29, 0.717) is 16.9 Å². The molecule has 0 unspecified atom stereocenters. The van der Waals surface area contributed by atoms with Crippen molar-refractivity contribution in [3.8, 4) is 0 Å². The van der Waals surface area contributed by atoms with Crippen molar-refractivity contribution >= 4 is 38.8 Å². The fraction of sp³-hybridized carbons (Fsp3) is 0.562. The normalized spacial score (nSPS) is 11.2. The smallest absolute Gasteiger partial charge is 0.107 e. The van der Waals surface area contributed by atoms with E-state index in [1.807, 2.05) is 6.07 Å². The van der Waals surface area contributed by atoms with Gasteiger partial charge < -0.3 is 10.6 Å². The summed E-state index contributed by atoms with van der Waals surface area (Å²) in [5, 5.41) is 0. The Labute approximate surface area is 136 Å². The first-order chi connectivity index (χ1) is 9.42. The van der Waals surface area contributed by atoms with Crippen molar-refractivity contribution in [1.82, 2.24) is 0 Å². The van der Waals surface area contributed by atoms with Crippen LogP contribution >= 0.6 is 28.1 Å². The maximum absolute atomic E-state index is 5.94. The average molecular weight is 357 g/mol. The molecule has 0 aliphatic carbocycles. The van der Waals surface area contributed by atoms with Crippen LogP contribution in [0.25, 0.3) is 0 Å². The zero-order valence-electron chi connectivity index (χ0n) is 12.8. The highest BCUT2D eigenvalue weighted by molar-refractivity contribution is 9.10. The third-order valence-electron chi connectivity index (χ3n) is 3.49. The molecule has 20 heavy (non-hydrogen) atoms. The van der Waals surface area contributed by atoms with Crippen LogP contribution in [0.15, 0.2) is 22.7 Å². The Hall–Kier alpha value is -0.610. The maximum atomic E-state index is 5.94. The second-order valence-electron chi connectivity index (χ2n) is 5.51. The van der Waals surface area contributed by atoms with Crippen LogP contribution in [0.4, 0.5) is 5.69 Å². The molecular weight excluding hydrogens is 332 g/mol. The molecule has 1 aromatic carbocycles. The van der Waals surface area contributed by atoms with Crippen molar-refractivity contribution in [3.63, 3.8) is 0 Å². The molecule has 2 nitrogen and oxygen atoms in total. The second-order valence-corrected chi connectivity index (χ2v) is 6.81. The molecule has 0 saturated heterocycles. The van der Waals surface area contributed by atoms with Crippen molar-refractivity contribution in [3.05, 3.63) is 28.2 Å². The molecule has 0 atom stereocenters. The van der Waals surface area contributed by atoms with Crippen molar-refractivity contribution in [2.45, 2.75) is 46.6 Å². The summed E-state index contributed by atoms with van der Waals surface area (Å²) in [5.74, 6) is 0.591. The highest BCUT2D eigenvalue weighted by Gasteiger charge is 2.21. The Bertz CT molecular complexity index is 456. The number of hydrogen-bond acceptors (Lipinski definition) is 2. The minimum atomic E-state index is 0.451. The van der Waals surface area contributed by atoms with Crippen LogP contribution in [0.5, 0.6) is 0 Å². The number of rotatable bonds is 7. The second kappa shape index (κ2) is 7.99. The number of nitrogens with zero attached hydrogens (tertiary/aromatic N) is 1. The molecule has 112 valence electrons. The first-order valence-electron chi connectivity index (χ1n) is 7.27. The molecule has 0 radical (unpaired) electrons. The van der Waals surface area contributed by atoms with Crippen LogP contribution in [0.1, 0.15) is 46.1 Å². The molecule has 0 aliphatic heterocycles. The first kappa shape index (κ1) is 17.4. The topological polar surface area (TPSA) is 29.3 Å². The fourth-order valence-corrected chi connectivity index (χ4v) is 3.48. The molecule has 0 spiro atoms. The van der Waals surface area contributed by atoms with Gasteiger partial charge in [0.1, 0.15) is 4.99 Å². The van der Waals surface area contributed by atoms with Crippen molar-refractivity contribution < 1.29 is 0 Å². The Morgan fingerprint density at radius 3 is 2.35 bits per heavy atom. The molecule has 0 heterocycles. The van der Waals surface area contributed by atoms with E-state index in [1.165, 1.54) is 0 Å². The van der Waals surface area contributed by atoms with Gasteiger partial charge in [-0.25, -0.2) is 0 Å². The van der Waals surface area contributed by atoms with Gasteiger partial charge in [-0.2, -0.15) is 0 Å². The first-order valence-corrected chi connectivity index (χ1v) is 8.47. The molecule has 2 N–H and O–H groups in total. The summed E-state index contributed by atoms with van der Waals surface area (Å²) in [5.41, 5.74) is 8.04. The number of halogens is 1. The molecule has 1 aromatic rings. The summed E-state index contributed by atoms with van der Waals surface area (Å²) >= 11 is 8.83. The SMILES string of the molecule is CCC(CC)N(CC(C)C)c1cccc(Br)c1C(N)=S. The van der Waals surface area contributed by atoms with E-state index in [-0.39, 0.29) is 0 Å². The van der Waals surface area contributed by atoms with Gasteiger partial charge in [0.2, 0.25) is 0 Å². The van der Waals surface area contributed by atoms with Crippen LogP contribution in [-0.2, 0) is 0 Å². The van der Waals surface area contributed by atoms with Gasteiger partial charge in [-0.15, -0.1) is 0 Å². The Kier molecular flexibility index (Phi) is 6.96. The number of anilines is 1. The van der Waals surface area contributed by atoms with Gasteiger partial charge >= 0.3 is 0 Å². The lowest BCUT2D eigenvalue weighted by atomic mass is 10.0. The highest BCUT2D eigenvalue weighted by atomic mass is 79.9. The van der Waals surface area contributed by atoms with Crippen LogP contribution in [0.3, 0.4) is 0 Å². The minimum absolute atomic E-state index is 0.451. The molecule has 0 aromatic heterocycles. The number of nitrogens with two attached hydrogens (primary N) is 1. The van der Waals surface area contributed by atoms with Crippen molar-refractivity contribution in [2.24, 2.45) is 11.7 Å². The van der Waals surface area contributed by atoms with Crippen LogP contribution < -0.4 is 10.6 Å². The lowest BCUT2D eigenvalue weighted by Crippen LogP contribution is -2.38. The molecule has 0 amide bonds. The van der Waals surface area contributed by atoms with E-state index in [1.54, 1.807) is 0 Å². The quantitative estimate of drug-likeness (QED) is 0.715. The molecule has 0 saturated carbocycles. The van der Waals surface area contributed by atoms with Crippen LogP contribution in [0, 0.1) is 5.92 Å². The van der Waals surface area contributed by atoms with E-state index in [4.69, 9.17) is 18.0 Å². The van der Waals surface area contributed by atoms with Gasteiger partial charge in [-0.3, -0.25) is 0 Å². The summed E-state index contributed by atoms with van der Waals surface area (Å²) in [7, 11) is 0. The lowest BCUT2D eigenvalue weighted by molar-refractivity contribution is 0.507. The van der Waals surface area contributed by atoms with E-state index < -0.39 is 0 Å². The van der Waals surface area contributed by atoms with E-state index >= 15 is 0 Å². The molecule has 1 rings (SSSR count). The summed E-state index contributed by atoms with van der Waals surface area (Å²) < 4.78 is 0.974. The standard InChI is InChI=1S/C16H25BrN2S/c1-5-12(6-2)19(10-11(3)4)14-9-7-8-13(17)15(14)16(18)20/h7-9,11-12H,5-6,10H2,1-4H3,(H2,18,20). The molecule has 0 fully saturated rings. The number of benzene rings is 1. The average Bonchev–Trinajstić information content (AvgIpc) is 2.37. The van der Waals surface area contributed by atoms with Gasteiger partial charge in [0, 0.05) is 28.3 Å². The van der Waals surface area contributed by atoms with Crippen LogP contribution in [0.2, 0.25) is 0 Å². The lowest BCUT2D eigenvalue weighted by Gasteiger charge is -2.35. The Morgan fingerprint density at radius 2 is 1.90 bits per heavy atom. The van der Waals surface area contributed by atoms with Crippen molar-refractivity contribution in [2.75, 3.05) is 11.4 Å². The number of hydrogen-bond donors (Lipinski definition) is 1. The Balaban J connectivity index is 3.33. The third-order valence-corrected chi connectivity index (χ3v) is 4.36. The fourth-order valence-electron chi connectivity index (χ4n) is 2.56. The van der Waals surface area contributed by atoms with Crippen LogP contribution in [-0.4, -0.2) is 17.6 Å². The molecular formula is C16H25BrN2S. The third kappa shape index (κ3) is 4.19. The maximum Gasteiger partial charge on any atom is 0.107 e. The van der Waals surface area contributed by atoms with Gasteiger partial charge in [-0.05, 0) is 46.8 Å². The Morgan fingerprint density at radius 1 is 1.30 bits per heavy atom. The summed E-state index contributed by atoms with van der Waals surface area (Å²) in [6.07, 6.45) is 2.24. The predicted octanol–water partition coefficient (Wildman–Crippen LogP) is 4.73. The highest BCUT2D eigenvalue weighted by Crippen LogP contribution is 2.31. The number of thiocarbonyl (C=S) groups is 1. The zero-order chi connectivity index (χ0) is 15.3. The van der Waals surface area contributed by atoms with E-state index in [2.05, 4.69) is 60.7 Å². The van der Waals surface area contributed by atoms with E-state index in [0.717, 1.165) is 35.1 Å². The van der Waals surface area contributed by atoms with Gasteiger partial charge in [0.15, 0.2) is 0 Å². The van der Waals surface area contributed by atoms with Gasteiger partial charge in [0.25, 0.3) is 0 Å². The molecule has 0 bridgehead atoms. The molecule has 4 heteroatoms. The van der Waals surface area contributed by atoms with Gasteiger partial charge in [-0.1, -0.05) is 46.0 Å². The summed E-state index contributed by atoms with van der Waals surface area (Å²) in [6, 6.07) is 6.69. The zero-order valence-corrected chi connectivity index (χ0v) is 15.2. The monoisotopic (exact) mass is 356 g/mol. The summed E-state index contributed by atoms with van der Waals surface area (Å²) in [4.78, 5) is 2.91.